The van der Waals surface area contributed by atoms with Crippen LogP contribution >= 0.6 is 0 Å². The minimum absolute atomic E-state index is 0.0360. The average Bonchev–Trinajstić information content (AvgIpc) is 2.41. The van der Waals surface area contributed by atoms with Gasteiger partial charge >= 0.3 is 0 Å². The molecular formula is C15H18N2O. The van der Waals surface area contributed by atoms with Gasteiger partial charge in [-0.05, 0) is 36.2 Å². The van der Waals surface area contributed by atoms with Crippen LogP contribution in [0.1, 0.15) is 22.9 Å². The Bertz CT molecular complexity index is 491. The van der Waals surface area contributed by atoms with Crippen molar-refractivity contribution in [1.29, 1.82) is 0 Å². The van der Waals surface area contributed by atoms with Crippen LogP contribution in [-0.2, 0) is 6.42 Å². The van der Waals surface area contributed by atoms with Crippen LogP contribution in [0.2, 0.25) is 0 Å². The molecule has 0 bridgehead atoms. The van der Waals surface area contributed by atoms with E-state index in [2.05, 4.69) is 11.1 Å². The van der Waals surface area contributed by atoms with Gasteiger partial charge in [-0.15, -0.1) is 0 Å². The topological polar surface area (TPSA) is 48.1 Å². The molecule has 94 valence electrons. The molecule has 0 saturated carbocycles. The van der Waals surface area contributed by atoms with Gasteiger partial charge in [0.05, 0.1) is 7.11 Å². The average molecular weight is 242 g/mol. The molecule has 1 aromatic carbocycles. The molecule has 0 spiro atoms. The van der Waals surface area contributed by atoms with E-state index in [0.717, 1.165) is 29.0 Å². The minimum atomic E-state index is -0.0360. The van der Waals surface area contributed by atoms with Crippen molar-refractivity contribution in [3.63, 3.8) is 0 Å². The lowest BCUT2D eigenvalue weighted by atomic mass is 10.0. The van der Waals surface area contributed by atoms with Gasteiger partial charge in [0.2, 0.25) is 0 Å². The third-order valence-corrected chi connectivity index (χ3v) is 2.95. The molecule has 0 aliphatic heterocycles. The Balaban J connectivity index is 2.06. The molecule has 0 amide bonds. The maximum absolute atomic E-state index is 6.18. The largest absolute Gasteiger partial charge is 0.497 e. The van der Waals surface area contributed by atoms with Crippen LogP contribution in [0.15, 0.2) is 42.6 Å². The summed E-state index contributed by atoms with van der Waals surface area (Å²) in [7, 11) is 1.66. The van der Waals surface area contributed by atoms with Gasteiger partial charge in [-0.1, -0.05) is 18.2 Å². The standard InChI is InChI=1S/C15H18N2O/c1-11-3-6-13(17-10-11)9-15(16)12-4-7-14(18-2)8-5-12/h3-8,10,15H,9,16H2,1-2H3. The van der Waals surface area contributed by atoms with Crippen molar-refractivity contribution >= 4 is 0 Å². The first kappa shape index (κ1) is 12.6. The zero-order valence-corrected chi connectivity index (χ0v) is 10.8. The number of nitrogens with two attached hydrogens (primary N) is 1. The van der Waals surface area contributed by atoms with Gasteiger partial charge < -0.3 is 10.5 Å². The molecule has 2 rings (SSSR count). The Morgan fingerprint density at radius 3 is 2.44 bits per heavy atom. The third kappa shape index (κ3) is 3.08. The summed E-state index contributed by atoms with van der Waals surface area (Å²) in [6.07, 6.45) is 2.61. The number of pyridine rings is 1. The van der Waals surface area contributed by atoms with Crippen LogP contribution in [-0.4, -0.2) is 12.1 Å². The lowest BCUT2D eigenvalue weighted by molar-refractivity contribution is 0.414. The van der Waals surface area contributed by atoms with Crippen LogP contribution in [0.5, 0.6) is 5.75 Å². The third-order valence-electron chi connectivity index (χ3n) is 2.95. The van der Waals surface area contributed by atoms with E-state index in [4.69, 9.17) is 10.5 Å². The van der Waals surface area contributed by atoms with E-state index in [1.807, 2.05) is 43.5 Å². The van der Waals surface area contributed by atoms with Gasteiger partial charge in [0.15, 0.2) is 0 Å². The van der Waals surface area contributed by atoms with E-state index < -0.39 is 0 Å². The molecule has 0 fully saturated rings. The second-order valence-electron chi connectivity index (χ2n) is 4.41. The predicted molar refractivity (Wildman–Crippen MR) is 72.6 cm³/mol. The molecule has 1 heterocycles. The zero-order chi connectivity index (χ0) is 13.0. The van der Waals surface area contributed by atoms with Crippen molar-refractivity contribution in [3.8, 4) is 5.75 Å². The van der Waals surface area contributed by atoms with E-state index in [1.165, 1.54) is 0 Å². The molecule has 1 unspecified atom stereocenters. The molecule has 1 atom stereocenters. The first-order chi connectivity index (χ1) is 8.69. The summed E-state index contributed by atoms with van der Waals surface area (Å²) in [5.41, 5.74) is 9.45. The summed E-state index contributed by atoms with van der Waals surface area (Å²) in [6, 6.07) is 11.9. The second-order valence-corrected chi connectivity index (χ2v) is 4.41. The Kier molecular flexibility index (Phi) is 3.95. The normalized spacial score (nSPS) is 12.2. The molecule has 3 nitrogen and oxygen atoms in total. The van der Waals surface area contributed by atoms with Crippen molar-refractivity contribution in [2.45, 2.75) is 19.4 Å². The van der Waals surface area contributed by atoms with Gasteiger partial charge in [-0.25, -0.2) is 0 Å². The quantitative estimate of drug-likeness (QED) is 0.896. The summed E-state index contributed by atoms with van der Waals surface area (Å²) in [6.45, 7) is 2.03. The van der Waals surface area contributed by atoms with E-state index in [-0.39, 0.29) is 6.04 Å². The first-order valence-electron chi connectivity index (χ1n) is 6.00. The molecule has 2 N–H and O–H groups in total. The smallest absolute Gasteiger partial charge is 0.118 e. The maximum atomic E-state index is 6.18. The van der Waals surface area contributed by atoms with Gasteiger partial charge in [-0.3, -0.25) is 4.98 Å². The summed E-state index contributed by atoms with van der Waals surface area (Å²) in [5.74, 6) is 0.847. The van der Waals surface area contributed by atoms with Crippen LogP contribution in [0, 0.1) is 6.92 Å². The highest BCUT2D eigenvalue weighted by molar-refractivity contribution is 5.29. The van der Waals surface area contributed by atoms with Crippen LogP contribution in [0.25, 0.3) is 0 Å². The number of rotatable bonds is 4. The van der Waals surface area contributed by atoms with Gasteiger partial charge in [-0.2, -0.15) is 0 Å². The van der Waals surface area contributed by atoms with E-state index in [1.54, 1.807) is 7.11 Å². The van der Waals surface area contributed by atoms with Crippen molar-refractivity contribution in [2.75, 3.05) is 7.11 Å². The van der Waals surface area contributed by atoms with Crippen LogP contribution < -0.4 is 10.5 Å². The van der Waals surface area contributed by atoms with Gasteiger partial charge in [0, 0.05) is 24.4 Å². The van der Waals surface area contributed by atoms with Gasteiger partial charge in [0.25, 0.3) is 0 Å². The highest BCUT2D eigenvalue weighted by Crippen LogP contribution is 2.18. The molecule has 0 aliphatic carbocycles. The molecule has 18 heavy (non-hydrogen) atoms. The number of hydrogen-bond donors (Lipinski definition) is 1. The number of methoxy groups -OCH3 is 1. The van der Waals surface area contributed by atoms with Crippen molar-refractivity contribution < 1.29 is 4.74 Å². The Labute approximate surface area is 108 Å². The molecule has 0 aliphatic rings. The zero-order valence-electron chi connectivity index (χ0n) is 10.8. The van der Waals surface area contributed by atoms with Crippen molar-refractivity contribution in [3.05, 3.63) is 59.4 Å². The number of hydrogen-bond acceptors (Lipinski definition) is 3. The molecule has 0 radical (unpaired) electrons. The van der Waals surface area contributed by atoms with Crippen molar-refractivity contribution in [1.82, 2.24) is 4.98 Å². The Hall–Kier alpha value is -1.87. The number of aryl methyl sites for hydroxylation is 1. The van der Waals surface area contributed by atoms with Crippen LogP contribution in [0.4, 0.5) is 0 Å². The Morgan fingerprint density at radius 1 is 1.17 bits per heavy atom. The monoisotopic (exact) mass is 242 g/mol. The number of aromatic nitrogens is 1. The van der Waals surface area contributed by atoms with E-state index in [0.29, 0.717) is 0 Å². The first-order valence-corrected chi connectivity index (χ1v) is 6.00. The second kappa shape index (κ2) is 5.65. The SMILES string of the molecule is COc1ccc(C(N)Cc2ccc(C)cn2)cc1. The minimum Gasteiger partial charge on any atom is -0.497 e. The van der Waals surface area contributed by atoms with Crippen molar-refractivity contribution in [2.24, 2.45) is 5.73 Å². The lowest BCUT2D eigenvalue weighted by Gasteiger charge is -2.12. The fourth-order valence-electron chi connectivity index (χ4n) is 1.81. The van der Waals surface area contributed by atoms with Gasteiger partial charge in [0.1, 0.15) is 5.75 Å². The maximum Gasteiger partial charge on any atom is 0.118 e. The molecule has 1 aromatic heterocycles. The predicted octanol–water partition coefficient (Wildman–Crippen LogP) is 2.64. The highest BCUT2D eigenvalue weighted by Gasteiger charge is 2.08. The molecule has 0 saturated heterocycles. The lowest BCUT2D eigenvalue weighted by Crippen LogP contribution is -2.14. The molecule has 2 aromatic rings. The fraction of sp³-hybridized carbons (Fsp3) is 0.267. The molecular weight excluding hydrogens is 224 g/mol. The number of ether oxygens (including phenoxy) is 1. The van der Waals surface area contributed by atoms with E-state index in [9.17, 15) is 0 Å². The summed E-state index contributed by atoms with van der Waals surface area (Å²) in [4.78, 5) is 4.37. The summed E-state index contributed by atoms with van der Waals surface area (Å²) >= 11 is 0. The van der Waals surface area contributed by atoms with E-state index >= 15 is 0 Å². The Morgan fingerprint density at radius 2 is 1.89 bits per heavy atom. The summed E-state index contributed by atoms with van der Waals surface area (Å²) < 4.78 is 5.13. The number of benzene rings is 1. The fourth-order valence-corrected chi connectivity index (χ4v) is 1.81. The number of nitrogens with zero attached hydrogens (tertiary/aromatic N) is 1. The summed E-state index contributed by atoms with van der Waals surface area (Å²) in [5, 5.41) is 0. The molecule has 3 heteroatoms. The highest BCUT2D eigenvalue weighted by atomic mass is 16.5. The van der Waals surface area contributed by atoms with Crippen LogP contribution in [0.3, 0.4) is 0 Å².